The molecule has 0 amide bonds. The van der Waals surface area contributed by atoms with E-state index in [0.717, 1.165) is 11.2 Å². The average molecular weight is 248 g/mol. The van der Waals surface area contributed by atoms with Crippen LogP contribution < -0.4 is 4.74 Å². The minimum atomic E-state index is 0.263. The SMILES string of the molecule is O=Cc1c(OCc2ccco2)nc2sccn12. The molecule has 0 spiro atoms. The molecule has 0 saturated carbocycles. The molecular formula is C11H8N2O3S. The summed E-state index contributed by atoms with van der Waals surface area (Å²) in [5.41, 5.74) is 0.424. The average Bonchev–Trinajstić information content (AvgIpc) is 3.02. The van der Waals surface area contributed by atoms with Crippen LogP contribution in [0.5, 0.6) is 5.88 Å². The van der Waals surface area contributed by atoms with Crippen molar-refractivity contribution in [2.24, 2.45) is 0 Å². The van der Waals surface area contributed by atoms with E-state index < -0.39 is 0 Å². The van der Waals surface area contributed by atoms with E-state index in [1.807, 2.05) is 5.38 Å². The van der Waals surface area contributed by atoms with Crippen LogP contribution in [-0.2, 0) is 6.61 Å². The first-order chi connectivity index (χ1) is 8.38. The number of ether oxygens (including phenoxy) is 1. The van der Waals surface area contributed by atoms with Crippen LogP contribution in [0.4, 0.5) is 0 Å². The van der Waals surface area contributed by atoms with Crippen molar-refractivity contribution in [1.82, 2.24) is 9.38 Å². The molecule has 17 heavy (non-hydrogen) atoms. The number of imidazole rings is 1. The Balaban J connectivity index is 1.89. The number of nitrogens with zero attached hydrogens (tertiary/aromatic N) is 2. The third-order valence-corrected chi connectivity index (χ3v) is 3.06. The summed E-state index contributed by atoms with van der Waals surface area (Å²) in [5.74, 6) is 1.03. The lowest BCUT2D eigenvalue weighted by atomic mass is 10.4. The second-order valence-corrected chi connectivity index (χ2v) is 4.22. The van der Waals surface area contributed by atoms with Crippen LogP contribution in [0.15, 0.2) is 34.4 Å². The van der Waals surface area contributed by atoms with Crippen LogP contribution in [0.25, 0.3) is 4.96 Å². The van der Waals surface area contributed by atoms with E-state index in [-0.39, 0.29) is 6.61 Å². The van der Waals surface area contributed by atoms with Crippen LogP contribution in [0, 0.1) is 0 Å². The van der Waals surface area contributed by atoms with E-state index in [2.05, 4.69) is 4.98 Å². The minimum absolute atomic E-state index is 0.263. The third kappa shape index (κ3) is 1.72. The van der Waals surface area contributed by atoms with Gasteiger partial charge in [0.1, 0.15) is 12.4 Å². The van der Waals surface area contributed by atoms with E-state index >= 15 is 0 Å². The number of aldehydes is 1. The molecule has 0 aromatic carbocycles. The van der Waals surface area contributed by atoms with Crippen LogP contribution in [-0.4, -0.2) is 15.7 Å². The van der Waals surface area contributed by atoms with Gasteiger partial charge < -0.3 is 9.15 Å². The Morgan fingerprint density at radius 2 is 2.53 bits per heavy atom. The smallest absolute Gasteiger partial charge is 0.245 e. The van der Waals surface area contributed by atoms with E-state index in [0.29, 0.717) is 17.3 Å². The predicted octanol–water partition coefficient (Wildman–Crippen LogP) is 2.38. The summed E-state index contributed by atoms with van der Waals surface area (Å²) in [7, 11) is 0. The minimum Gasteiger partial charge on any atom is -0.468 e. The van der Waals surface area contributed by atoms with Gasteiger partial charge in [0.2, 0.25) is 5.88 Å². The first-order valence-electron chi connectivity index (χ1n) is 4.94. The molecule has 86 valence electrons. The molecule has 0 radical (unpaired) electrons. The fourth-order valence-electron chi connectivity index (χ4n) is 1.53. The fourth-order valence-corrected chi connectivity index (χ4v) is 2.24. The maximum absolute atomic E-state index is 11.0. The summed E-state index contributed by atoms with van der Waals surface area (Å²) in [6, 6.07) is 3.59. The van der Waals surface area contributed by atoms with Crippen molar-refractivity contribution in [2.45, 2.75) is 6.61 Å². The van der Waals surface area contributed by atoms with Crippen molar-refractivity contribution in [1.29, 1.82) is 0 Å². The number of carbonyl (C=O) groups excluding carboxylic acids is 1. The lowest BCUT2D eigenvalue weighted by Gasteiger charge is -2.00. The standard InChI is InChI=1S/C11H8N2O3S/c14-6-9-10(12-11-13(9)3-5-17-11)16-7-8-2-1-4-15-8/h1-6H,7H2. The van der Waals surface area contributed by atoms with E-state index in [1.165, 1.54) is 11.3 Å². The highest BCUT2D eigenvalue weighted by atomic mass is 32.1. The van der Waals surface area contributed by atoms with Crippen molar-refractivity contribution >= 4 is 22.6 Å². The Hall–Kier alpha value is -2.08. The van der Waals surface area contributed by atoms with E-state index in [1.54, 1.807) is 29.0 Å². The normalized spacial score (nSPS) is 10.8. The molecule has 3 aromatic heterocycles. The molecule has 0 fully saturated rings. The van der Waals surface area contributed by atoms with Gasteiger partial charge in [-0.15, -0.1) is 11.3 Å². The largest absolute Gasteiger partial charge is 0.468 e. The maximum Gasteiger partial charge on any atom is 0.245 e. The molecule has 0 aliphatic carbocycles. The summed E-state index contributed by atoms with van der Waals surface area (Å²) >= 11 is 1.45. The summed E-state index contributed by atoms with van der Waals surface area (Å²) in [5, 5.41) is 1.87. The van der Waals surface area contributed by atoms with Gasteiger partial charge in [-0.2, -0.15) is 4.98 Å². The molecule has 3 aromatic rings. The zero-order valence-electron chi connectivity index (χ0n) is 8.70. The quantitative estimate of drug-likeness (QED) is 0.665. The van der Waals surface area contributed by atoms with Crippen LogP contribution in [0.2, 0.25) is 0 Å². The Morgan fingerprint density at radius 1 is 1.59 bits per heavy atom. The van der Waals surface area contributed by atoms with Gasteiger partial charge in [0, 0.05) is 11.6 Å². The topological polar surface area (TPSA) is 56.7 Å². The van der Waals surface area contributed by atoms with Gasteiger partial charge in [-0.25, -0.2) is 0 Å². The van der Waals surface area contributed by atoms with Crippen molar-refractivity contribution in [3.8, 4) is 5.88 Å². The van der Waals surface area contributed by atoms with Crippen molar-refractivity contribution in [3.63, 3.8) is 0 Å². The number of hydrogen-bond acceptors (Lipinski definition) is 5. The first kappa shape index (κ1) is 10.1. The highest BCUT2D eigenvalue weighted by Crippen LogP contribution is 2.22. The second-order valence-electron chi connectivity index (χ2n) is 3.34. The zero-order chi connectivity index (χ0) is 11.7. The molecule has 0 N–H and O–H groups in total. The first-order valence-corrected chi connectivity index (χ1v) is 5.82. The van der Waals surface area contributed by atoms with Crippen molar-refractivity contribution in [3.05, 3.63) is 41.4 Å². The van der Waals surface area contributed by atoms with Gasteiger partial charge in [0.25, 0.3) is 0 Å². The number of thiazole rings is 1. The number of fused-ring (bicyclic) bond motifs is 1. The Kier molecular flexibility index (Phi) is 2.41. The second kappa shape index (κ2) is 4.06. The molecule has 0 bridgehead atoms. The number of carbonyl (C=O) groups is 1. The predicted molar refractivity (Wildman–Crippen MR) is 61.5 cm³/mol. The highest BCUT2D eigenvalue weighted by molar-refractivity contribution is 7.15. The molecule has 3 heterocycles. The molecule has 0 atom stereocenters. The molecule has 0 aliphatic heterocycles. The van der Waals surface area contributed by atoms with Gasteiger partial charge in [-0.1, -0.05) is 0 Å². The van der Waals surface area contributed by atoms with Gasteiger partial charge in [0.05, 0.1) is 6.26 Å². The maximum atomic E-state index is 11.0. The molecule has 0 unspecified atom stereocenters. The van der Waals surface area contributed by atoms with Crippen LogP contribution >= 0.6 is 11.3 Å². The molecule has 6 heteroatoms. The number of hydrogen-bond donors (Lipinski definition) is 0. The third-order valence-electron chi connectivity index (χ3n) is 2.31. The van der Waals surface area contributed by atoms with Crippen LogP contribution in [0.3, 0.4) is 0 Å². The lowest BCUT2D eigenvalue weighted by molar-refractivity contribution is 0.111. The van der Waals surface area contributed by atoms with Gasteiger partial charge in [0.15, 0.2) is 16.9 Å². The van der Waals surface area contributed by atoms with E-state index in [9.17, 15) is 4.79 Å². The van der Waals surface area contributed by atoms with Crippen LogP contribution in [0.1, 0.15) is 16.2 Å². The van der Waals surface area contributed by atoms with Gasteiger partial charge >= 0.3 is 0 Å². The molecule has 3 rings (SSSR count). The Bertz CT molecular complexity index is 639. The van der Waals surface area contributed by atoms with E-state index in [4.69, 9.17) is 9.15 Å². The monoisotopic (exact) mass is 248 g/mol. The molecule has 5 nitrogen and oxygen atoms in total. The molecule has 0 aliphatic rings. The van der Waals surface area contributed by atoms with Gasteiger partial charge in [-0.3, -0.25) is 9.20 Å². The molecule has 0 saturated heterocycles. The summed E-state index contributed by atoms with van der Waals surface area (Å²) in [6.07, 6.45) is 4.10. The summed E-state index contributed by atoms with van der Waals surface area (Å²) in [4.78, 5) is 16.0. The fraction of sp³-hybridized carbons (Fsp3) is 0.0909. The lowest BCUT2D eigenvalue weighted by Crippen LogP contribution is -1.97. The molecular weight excluding hydrogens is 240 g/mol. The summed E-state index contributed by atoms with van der Waals surface area (Å²) < 4.78 is 12.3. The number of rotatable bonds is 4. The Morgan fingerprint density at radius 3 is 3.29 bits per heavy atom. The number of furan rings is 1. The Labute approximate surface area is 100 Å². The van der Waals surface area contributed by atoms with Crippen molar-refractivity contribution in [2.75, 3.05) is 0 Å². The van der Waals surface area contributed by atoms with Crippen molar-refractivity contribution < 1.29 is 13.9 Å². The number of aromatic nitrogens is 2. The zero-order valence-corrected chi connectivity index (χ0v) is 9.52. The summed E-state index contributed by atoms with van der Waals surface area (Å²) in [6.45, 7) is 0.263. The van der Waals surface area contributed by atoms with Gasteiger partial charge in [-0.05, 0) is 12.1 Å². The highest BCUT2D eigenvalue weighted by Gasteiger charge is 2.13.